The van der Waals surface area contributed by atoms with Crippen LogP contribution in [0.25, 0.3) is 0 Å². The number of carbonyl (C=O) groups is 2. The first-order chi connectivity index (χ1) is 14.0. The first kappa shape index (κ1) is 18.3. The van der Waals surface area contributed by atoms with E-state index < -0.39 is 0 Å². The Morgan fingerprint density at radius 1 is 1.24 bits per heavy atom. The molecule has 29 heavy (non-hydrogen) atoms. The molecule has 1 aromatic rings. The normalized spacial score (nSPS) is 37.6. The van der Waals surface area contributed by atoms with Crippen molar-refractivity contribution >= 4 is 23.2 Å². The average molecular weight is 417 g/mol. The van der Waals surface area contributed by atoms with Gasteiger partial charge < -0.3 is 20.1 Å². The maximum atomic E-state index is 13.5. The molecule has 2 amide bonds. The van der Waals surface area contributed by atoms with Gasteiger partial charge in [-0.25, -0.2) is 0 Å². The van der Waals surface area contributed by atoms with Crippen LogP contribution in [0.2, 0.25) is 0 Å². The third-order valence-corrected chi connectivity index (χ3v) is 9.85. The Bertz CT molecular complexity index is 874. The molecule has 2 unspecified atom stereocenters. The third kappa shape index (κ3) is 2.41. The van der Waals surface area contributed by atoms with E-state index in [1.54, 1.807) is 7.11 Å². The van der Waals surface area contributed by atoms with Gasteiger partial charge in [-0.15, -0.1) is 11.3 Å². The molecule has 156 valence electrons. The molecule has 5 fully saturated rings. The molecule has 1 saturated heterocycles. The molecule has 2 N–H and O–H groups in total. The molecule has 0 spiro atoms. The summed E-state index contributed by atoms with van der Waals surface area (Å²) in [5.41, 5.74) is 7.79. The van der Waals surface area contributed by atoms with E-state index in [2.05, 4.69) is 0 Å². The van der Waals surface area contributed by atoms with E-state index >= 15 is 0 Å². The second-order valence-electron chi connectivity index (χ2n) is 9.76. The van der Waals surface area contributed by atoms with Crippen molar-refractivity contribution in [2.75, 3.05) is 26.8 Å². The van der Waals surface area contributed by atoms with Crippen molar-refractivity contribution in [2.24, 2.45) is 28.9 Å². The number of rotatable bonds is 4. The van der Waals surface area contributed by atoms with Gasteiger partial charge in [0.25, 0.3) is 5.91 Å². The first-order valence-corrected chi connectivity index (χ1v) is 11.7. The minimum atomic E-state index is -0.265. The zero-order chi connectivity index (χ0) is 19.9. The summed E-state index contributed by atoms with van der Waals surface area (Å²) >= 11 is 1.81. The standard InChI is InChI=1S/C22H28N2O4S/c1-27-14-8-24(9-14)20(25)18-15-2-3-28-10-16(15)29-19(18)17-11-4-13-5-12(17)7-22(13,6-11)21(23)26/h11-14,17H,2-10H2,1H3,(H2,23,26). The third-order valence-electron chi connectivity index (χ3n) is 8.55. The number of likely N-dealkylation sites (tertiary alicyclic amines) is 1. The molecule has 2 aliphatic heterocycles. The van der Waals surface area contributed by atoms with Crippen LogP contribution in [0.5, 0.6) is 0 Å². The van der Waals surface area contributed by atoms with Gasteiger partial charge in [0.1, 0.15) is 0 Å². The summed E-state index contributed by atoms with van der Waals surface area (Å²) < 4.78 is 11.1. The van der Waals surface area contributed by atoms with Gasteiger partial charge in [-0.05, 0) is 61.3 Å². The van der Waals surface area contributed by atoms with Crippen LogP contribution in [-0.2, 0) is 27.3 Å². The van der Waals surface area contributed by atoms with Crippen molar-refractivity contribution in [2.45, 2.75) is 50.7 Å². The molecule has 6 aliphatic rings. The summed E-state index contributed by atoms with van der Waals surface area (Å²) in [6.45, 7) is 2.67. The lowest BCUT2D eigenvalue weighted by molar-refractivity contribution is -0.129. The zero-order valence-corrected chi connectivity index (χ0v) is 17.6. The predicted molar refractivity (Wildman–Crippen MR) is 108 cm³/mol. The number of nitrogens with zero attached hydrogens (tertiary/aromatic N) is 1. The molecular weight excluding hydrogens is 388 g/mol. The Kier molecular flexibility index (Phi) is 3.97. The van der Waals surface area contributed by atoms with Crippen molar-refractivity contribution in [1.82, 2.24) is 4.90 Å². The van der Waals surface area contributed by atoms with E-state index in [-0.39, 0.29) is 23.3 Å². The number of methoxy groups -OCH3 is 1. The number of nitrogens with two attached hydrogens (primary N) is 1. The number of fused-ring (bicyclic) bond motifs is 1. The maximum Gasteiger partial charge on any atom is 0.255 e. The van der Waals surface area contributed by atoms with E-state index in [1.165, 1.54) is 15.3 Å². The summed E-state index contributed by atoms with van der Waals surface area (Å²) in [6, 6.07) is 0. The SMILES string of the molecule is COC1CN(C(=O)c2c(C3C4CC5CC3CC5(C(N)=O)C4)sc3c2CCOC3)C1. The van der Waals surface area contributed by atoms with Crippen LogP contribution in [0, 0.1) is 23.2 Å². The number of hydrogen-bond acceptors (Lipinski definition) is 5. The van der Waals surface area contributed by atoms with E-state index in [0.717, 1.165) is 37.7 Å². The summed E-state index contributed by atoms with van der Waals surface area (Å²) in [7, 11) is 1.71. The van der Waals surface area contributed by atoms with Crippen molar-refractivity contribution < 1.29 is 19.1 Å². The van der Waals surface area contributed by atoms with Crippen molar-refractivity contribution in [1.29, 1.82) is 0 Å². The van der Waals surface area contributed by atoms with Crippen LogP contribution >= 0.6 is 11.3 Å². The highest BCUT2D eigenvalue weighted by Gasteiger charge is 2.65. The summed E-state index contributed by atoms with van der Waals surface area (Å²) in [4.78, 5) is 30.3. The number of ether oxygens (including phenoxy) is 2. The van der Waals surface area contributed by atoms with Crippen molar-refractivity contribution in [3.8, 4) is 0 Å². The Hall–Kier alpha value is -1.44. The highest BCUT2D eigenvalue weighted by atomic mass is 32.1. The van der Waals surface area contributed by atoms with Crippen molar-refractivity contribution in [3.63, 3.8) is 0 Å². The maximum absolute atomic E-state index is 13.5. The Balaban J connectivity index is 1.38. The van der Waals surface area contributed by atoms with Gasteiger partial charge >= 0.3 is 0 Å². The fourth-order valence-corrected chi connectivity index (χ4v) is 8.76. The summed E-state index contributed by atoms with van der Waals surface area (Å²) in [6.07, 6.45) is 4.99. The smallest absolute Gasteiger partial charge is 0.255 e. The number of carbonyl (C=O) groups excluding carboxylic acids is 2. The van der Waals surface area contributed by atoms with Crippen LogP contribution in [0.3, 0.4) is 0 Å². The molecule has 0 aromatic carbocycles. The average Bonchev–Trinajstić information content (AvgIpc) is 3.27. The Labute approximate surface area is 174 Å². The highest BCUT2D eigenvalue weighted by Crippen LogP contribution is 2.70. The van der Waals surface area contributed by atoms with Gasteiger partial charge in [0.05, 0.1) is 30.3 Å². The zero-order valence-electron chi connectivity index (χ0n) is 16.8. The molecule has 4 bridgehead atoms. The number of amides is 2. The van der Waals surface area contributed by atoms with E-state index in [0.29, 0.717) is 50.0 Å². The molecule has 6 nitrogen and oxygen atoms in total. The molecule has 4 aliphatic carbocycles. The predicted octanol–water partition coefficient (Wildman–Crippen LogP) is 2.30. The van der Waals surface area contributed by atoms with Gasteiger partial charge in [-0.1, -0.05) is 0 Å². The fraction of sp³-hybridized carbons (Fsp3) is 0.727. The lowest BCUT2D eigenvalue weighted by atomic mass is 9.67. The van der Waals surface area contributed by atoms with Crippen LogP contribution in [0.4, 0.5) is 0 Å². The number of hydrogen-bond donors (Lipinski definition) is 1. The quantitative estimate of drug-likeness (QED) is 0.817. The topological polar surface area (TPSA) is 81.9 Å². The molecular formula is C22H28N2O4S. The molecule has 2 atom stereocenters. The molecule has 0 radical (unpaired) electrons. The van der Waals surface area contributed by atoms with Crippen molar-refractivity contribution in [3.05, 3.63) is 20.9 Å². The van der Waals surface area contributed by atoms with Gasteiger partial charge in [0.2, 0.25) is 5.91 Å². The van der Waals surface area contributed by atoms with Crippen LogP contribution in [0.1, 0.15) is 57.3 Å². The lowest BCUT2D eigenvalue weighted by Gasteiger charge is -2.40. The van der Waals surface area contributed by atoms with Crippen LogP contribution < -0.4 is 5.73 Å². The first-order valence-electron chi connectivity index (χ1n) is 10.9. The van der Waals surface area contributed by atoms with Gasteiger partial charge in [0.15, 0.2) is 0 Å². The van der Waals surface area contributed by atoms with Crippen LogP contribution in [0.15, 0.2) is 0 Å². The van der Waals surface area contributed by atoms with E-state index in [1.807, 2.05) is 16.2 Å². The number of thiophene rings is 1. The number of primary amides is 1. The minimum Gasteiger partial charge on any atom is -0.378 e. The molecule has 7 rings (SSSR count). The van der Waals surface area contributed by atoms with E-state index in [4.69, 9.17) is 15.2 Å². The minimum absolute atomic E-state index is 0.0905. The summed E-state index contributed by atoms with van der Waals surface area (Å²) in [5, 5.41) is 0. The Morgan fingerprint density at radius 2 is 1.97 bits per heavy atom. The second kappa shape index (κ2) is 6.28. The lowest BCUT2D eigenvalue weighted by Crippen LogP contribution is -2.54. The second-order valence-corrected chi connectivity index (χ2v) is 10.9. The largest absolute Gasteiger partial charge is 0.378 e. The summed E-state index contributed by atoms with van der Waals surface area (Å²) in [5.74, 6) is 1.91. The molecule has 3 heterocycles. The molecule has 7 heteroatoms. The highest BCUT2D eigenvalue weighted by molar-refractivity contribution is 7.12. The van der Waals surface area contributed by atoms with Crippen LogP contribution in [-0.4, -0.2) is 49.6 Å². The molecule has 4 saturated carbocycles. The monoisotopic (exact) mass is 416 g/mol. The van der Waals surface area contributed by atoms with E-state index in [9.17, 15) is 9.59 Å². The molecule has 1 aromatic heterocycles. The van der Waals surface area contributed by atoms with Gasteiger partial charge in [0, 0.05) is 30.0 Å². The Morgan fingerprint density at radius 3 is 2.59 bits per heavy atom. The fourth-order valence-electron chi connectivity index (χ4n) is 7.19. The van der Waals surface area contributed by atoms with Gasteiger partial charge in [-0.3, -0.25) is 9.59 Å². The van der Waals surface area contributed by atoms with Gasteiger partial charge in [-0.2, -0.15) is 0 Å².